The maximum absolute atomic E-state index is 12.5. The van der Waals surface area contributed by atoms with Gasteiger partial charge in [0.1, 0.15) is 11.7 Å². The van der Waals surface area contributed by atoms with Crippen LogP contribution in [0.15, 0.2) is 48.5 Å². The summed E-state index contributed by atoms with van der Waals surface area (Å²) in [4.78, 5) is 37.0. The standard InChI is InChI=1S/C20H21N3O5/c24-19(21-16(20(25)26)12-14-6-2-1-3-7-14)15-8-9-17(18(13-15)23(27)28)22-10-4-5-11-22/h1-3,6-9,13,16H,4-5,10-12H2,(H,21,24)(H,25,26). The van der Waals surface area contributed by atoms with Gasteiger partial charge < -0.3 is 15.3 Å². The molecule has 2 N–H and O–H groups in total. The van der Waals surface area contributed by atoms with E-state index in [1.807, 2.05) is 11.0 Å². The Balaban J connectivity index is 1.79. The minimum Gasteiger partial charge on any atom is -0.480 e. The van der Waals surface area contributed by atoms with Gasteiger partial charge in [0.05, 0.1) is 4.92 Å². The molecule has 1 aliphatic rings. The molecule has 1 aliphatic heterocycles. The fraction of sp³-hybridized carbons (Fsp3) is 0.300. The van der Waals surface area contributed by atoms with Gasteiger partial charge >= 0.3 is 5.97 Å². The van der Waals surface area contributed by atoms with Crippen molar-refractivity contribution in [3.05, 3.63) is 69.8 Å². The highest BCUT2D eigenvalue weighted by atomic mass is 16.6. The Morgan fingerprint density at radius 1 is 1.14 bits per heavy atom. The van der Waals surface area contributed by atoms with Crippen molar-refractivity contribution >= 4 is 23.3 Å². The van der Waals surface area contributed by atoms with Crippen LogP contribution in [0.2, 0.25) is 0 Å². The van der Waals surface area contributed by atoms with Crippen molar-refractivity contribution in [2.75, 3.05) is 18.0 Å². The van der Waals surface area contributed by atoms with Crippen molar-refractivity contribution in [3.63, 3.8) is 0 Å². The molecule has 2 aromatic rings. The Hall–Kier alpha value is -3.42. The topological polar surface area (TPSA) is 113 Å². The van der Waals surface area contributed by atoms with Gasteiger partial charge in [-0.15, -0.1) is 0 Å². The summed E-state index contributed by atoms with van der Waals surface area (Å²) in [5.41, 5.74) is 1.17. The lowest BCUT2D eigenvalue weighted by molar-refractivity contribution is -0.384. The van der Waals surface area contributed by atoms with Crippen molar-refractivity contribution < 1.29 is 19.6 Å². The fourth-order valence-corrected chi connectivity index (χ4v) is 3.33. The lowest BCUT2D eigenvalue weighted by Gasteiger charge is -2.18. The molecule has 1 fully saturated rings. The lowest BCUT2D eigenvalue weighted by Crippen LogP contribution is -2.42. The van der Waals surface area contributed by atoms with Gasteiger partial charge in [-0.25, -0.2) is 4.79 Å². The minimum absolute atomic E-state index is 0.0639. The van der Waals surface area contributed by atoms with Gasteiger partial charge in [0.15, 0.2) is 0 Å². The lowest BCUT2D eigenvalue weighted by atomic mass is 10.1. The number of nitro benzene ring substituents is 1. The summed E-state index contributed by atoms with van der Waals surface area (Å²) in [5.74, 6) is -1.82. The number of hydrogen-bond donors (Lipinski definition) is 2. The third-order valence-corrected chi connectivity index (χ3v) is 4.77. The van der Waals surface area contributed by atoms with Gasteiger partial charge in [0, 0.05) is 31.1 Å². The number of carbonyl (C=O) groups excluding carboxylic acids is 1. The average molecular weight is 383 g/mol. The predicted molar refractivity (Wildman–Crippen MR) is 104 cm³/mol. The van der Waals surface area contributed by atoms with E-state index in [2.05, 4.69) is 5.32 Å². The number of carbonyl (C=O) groups is 2. The second-order valence-corrected chi connectivity index (χ2v) is 6.71. The number of hydrogen-bond acceptors (Lipinski definition) is 5. The van der Waals surface area contributed by atoms with Crippen LogP contribution >= 0.6 is 0 Å². The van der Waals surface area contributed by atoms with E-state index < -0.39 is 22.8 Å². The van der Waals surface area contributed by atoms with Gasteiger partial charge in [-0.1, -0.05) is 30.3 Å². The van der Waals surface area contributed by atoms with Gasteiger partial charge in [0.25, 0.3) is 11.6 Å². The van der Waals surface area contributed by atoms with E-state index in [0.29, 0.717) is 5.69 Å². The summed E-state index contributed by atoms with van der Waals surface area (Å²) < 4.78 is 0. The molecule has 0 aliphatic carbocycles. The number of amides is 1. The molecule has 8 nitrogen and oxygen atoms in total. The molecule has 1 saturated heterocycles. The summed E-state index contributed by atoms with van der Waals surface area (Å²) in [5, 5.41) is 23.4. The van der Waals surface area contributed by atoms with Crippen molar-refractivity contribution in [1.82, 2.24) is 5.32 Å². The van der Waals surface area contributed by atoms with Crippen LogP contribution in [0, 0.1) is 10.1 Å². The van der Waals surface area contributed by atoms with E-state index in [1.165, 1.54) is 12.1 Å². The number of nitro groups is 1. The summed E-state index contributed by atoms with van der Waals surface area (Å²) in [7, 11) is 0. The Bertz CT molecular complexity index is 879. The minimum atomic E-state index is -1.17. The first-order valence-electron chi connectivity index (χ1n) is 9.06. The highest BCUT2D eigenvalue weighted by Crippen LogP contribution is 2.31. The molecule has 2 aromatic carbocycles. The van der Waals surface area contributed by atoms with Crippen molar-refractivity contribution in [2.24, 2.45) is 0 Å². The summed E-state index contributed by atoms with van der Waals surface area (Å²) in [6.07, 6.45) is 2.06. The van der Waals surface area contributed by atoms with E-state index >= 15 is 0 Å². The first kappa shape index (κ1) is 19.3. The molecule has 1 unspecified atom stereocenters. The zero-order valence-corrected chi connectivity index (χ0v) is 15.2. The highest BCUT2D eigenvalue weighted by Gasteiger charge is 2.26. The van der Waals surface area contributed by atoms with Gasteiger partial charge in [-0.2, -0.15) is 0 Å². The third kappa shape index (κ3) is 4.46. The second kappa shape index (κ2) is 8.51. The molecule has 28 heavy (non-hydrogen) atoms. The largest absolute Gasteiger partial charge is 0.480 e. The number of benzene rings is 2. The molecule has 1 amide bonds. The normalized spacial score (nSPS) is 14.5. The van der Waals surface area contributed by atoms with Crippen molar-refractivity contribution in [3.8, 4) is 0 Å². The Morgan fingerprint density at radius 3 is 2.43 bits per heavy atom. The molecule has 0 bridgehead atoms. The molecule has 1 heterocycles. The predicted octanol–water partition coefficient (Wildman–Crippen LogP) is 2.62. The van der Waals surface area contributed by atoms with Gasteiger partial charge in [0.2, 0.25) is 0 Å². The van der Waals surface area contributed by atoms with E-state index in [-0.39, 0.29) is 17.7 Å². The van der Waals surface area contributed by atoms with Crippen molar-refractivity contribution in [1.29, 1.82) is 0 Å². The molecule has 1 atom stereocenters. The number of anilines is 1. The van der Waals surface area contributed by atoms with Crippen LogP contribution in [0.25, 0.3) is 0 Å². The summed E-state index contributed by atoms with van der Waals surface area (Å²) in [6, 6.07) is 12.1. The highest BCUT2D eigenvalue weighted by molar-refractivity contribution is 5.98. The maximum atomic E-state index is 12.5. The number of nitrogens with one attached hydrogen (secondary N) is 1. The Labute approximate surface area is 161 Å². The molecule has 3 rings (SSSR count). The zero-order chi connectivity index (χ0) is 20.1. The average Bonchev–Trinajstić information content (AvgIpc) is 3.22. The number of aliphatic carboxylic acids is 1. The summed E-state index contributed by atoms with van der Waals surface area (Å²) in [6.45, 7) is 1.48. The number of carboxylic acid groups (broad SMARTS) is 1. The van der Waals surface area contributed by atoms with E-state index in [1.54, 1.807) is 30.3 Å². The number of nitrogens with zero attached hydrogens (tertiary/aromatic N) is 2. The molecular formula is C20H21N3O5. The quantitative estimate of drug-likeness (QED) is 0.561. The van der Waals surface area contributed by atoms with Crippen LogP contribution in [-0.4, -0.2) is 41.0 Å². The third-order valence-electron chi connectivity index (χ3n) is 4.77. The van der Waals surface area contributed by atoms with Gasteiger partial charge in [-0.3, -0.25) is 14.9 Å². The first-order chi connectivity index (χ1) is 13.5. The molecule has 0 aromatic heterocycles. The van der Waals surface area contributed by atoms with Crippen LogP contribution in [0.1, 0.15) is 28.8 Å². The van der Waals surface area contributed by atoms with Crippen LogP contribution in [0.3, 0.4) is 0 Å². The van der Waals surface area contributed by atoms with Crippen LogP contribution in [-0.2, 0) is 11.2 Å². The van der Waals surface area contributed by atoms with E-state index in [0.717, 1.165) is 31.5 Å². The van der Waals surface area contributed by atoms with Crippen LogP contribution in [0.4, 0.5) is 11.4 Å². The molecule has 0 spiro atoms. The van der Waals surface area contributed by atoms with Crippen molar-refractivity contribution in [2.45, 2.75) is 25.3 Å². The molecular weight excluding hydrogens is 362 g/mol. The van der Waals surface area contributed by atoms with E-state index in [9.17, 15) is 24.8 Å². The SMILES string of the molecule is O=C(NC(Cc1ccccc1)C(=O)O)c1ccc(N2CCCC2)c([N+](=O)[O-])c1. The molecule has 0 radical (unpaired) electrons. The smallest absolute Gasteiger partial charge is 0.326 e. The van der Waals surface area contributed by atoms with Gasteiger partial charge in [-0.05, 0) is 30.5 Å². The molecule has 8 heteroatoms. The zero-order valence-electron chi connectivity index (χ0n) is 15.2. The van der Waals surface area contributed by atoms with Crippen LogP contribution in [0.5, 0.6) is 0 Å². The monoisotopic (exact) mass is 383 g/mol. The first-order valence-corrected chi connectivity index (χ1v) is 9.06. The molecule has 146 valence electrons. The maximum Gasteiger partial charge on any atom is 0.326 e. The number of carboxylic acids is 1. The van der Waals surface area contributed by atoms with E-state index in [4.69, 9.17) is 0 Å². The molecule has 0 saturated carbocycles. The second-order valence-electron chi connectivity index (χ2n) is 6.71. The van der Waals surface area contributed by atoms with Crippen LogP contribution < -0.4 is 10.2 Å². The fourth-order valence-electron chi connectivity index (χ4n) is 3.33. The Morgan fingerprint density at radius 2 is 1.82 bits per heavy atom. The summed E-state index contributed by atoms with van der Waals surface area (Å²) >= 11 is 0. The number of rotatable bonds is 7. The Kier molecular flexibility index (Phi) is 5.88.